The van der Waals surface area contributed by atoms with Crippen LogP contribution < -0.4 is 5.73 Å². The summed E-state index contributed by atoms with van der Waals surface area (Å²) >= 11 is 6.00. The molecule has 0 saturated carbocycles. The number of nitrogens with two attached hydrogens (primary N) is 1. The third kappa shape index (κ3) is 2.89. The molecule has 1 nitrogen and oxygen atoms in total. The minimum atomic E-state index is -0.300. The fourth-order valence-electron chi connectivity index (χ4n) is 1.97. The molecule has 0 bridgehead atoms. The molecule has 2 rings (SSSR count). The Kier molecular flexibility index (Phi) is 4.00. The fourth-order valence-corrected chi connectivity index (χ4v) is 2.21. The average Bonchev–Trinajstić information content (AvgIpc) is 2.34. The number of halogens is 2. The van der Waals surface area contributed by atoms with Gasteiger partial charge in [0.1, 0.15) is 5.82 Å². The molecule has 2 aromatic rings. The Morgan fingerprint density at radius 1 is 1.22 bits per heavy atom. The van der Waals surface area contributed by atoms with Crippen molar-refractivity contribution in [2.24, 2.45) is 5.73 Å². The van der Waals surface area contributed by atoms with Crippen LogP contribution in [0.2, 0.25) is 5.02 Å². The van der Waals surface area contributed by atoms with E-state index < -0.39 is 0 Å². The number of hydrogen-bond acceptors (Lipinski definition) is 1. The van der Waals surface area contributed by atoms with Gasteiger partial charge in [-0.2, -0.15) is 0 Å². The lowest BCUT2D eigenvalue weighted by Gasteiger charge is -2.14. The molecule has 94 valence electrons. The van der Waals surface area contributed by atoms with E-state index in [2.05, 4.69) is 0 Å². The lowest BCUT2D eigenvalue weighted by atomic mass is 9.98. The minimum Gasteiger partial charge on any atom is -0.324 e. The molecule has 1 unspecified atom stereocenters. The molecule has 0 aromatic heterocycles. The van der Waals surface area contributed by atoms with Crippen LogP contribution in [-0.4, -0.2) is 0 Å². The zero-order chi connectivity index (χ0) is 13.1. The highest BCUT2D eigenvalue weighted by Crippen LogP contribution is 2.24. The van der Waals surface area contributed by atoms with E-state index >= 15 is 0 Å². The Labute approximate surface area is 111 Å². The largest absolute Gasteiger partial charge is 0.324 e. The number of aryl methyl sites for hydroxylation is 1. The standard InChI is InChI=1S/C15H15ClFN/c1-10-4-2-5-11(8-10)15(18)9-12-13(16)6-3-7-14(12)17/h2-8,15H,9,18H2,1H3. The van der Waals surface area contributed by atoms with Crippen LogP contribution in [0.1, 0.15) is 22.7 Å². The molecule has 0 aliphatic carbocycles. The van der Waals surface area contributed by atoms with Gasteiger partial charge >= 0.3 is 0 Å². The Hall–Kier alpha value is -1.38. The van der Waals surface area contributed by atoms with Gasteiger partial charge in [-0.05, 0) is 31.0 Å². The van der Waals surface area contributed by atoms with Gasteiger partial charge in [-0.1, -0.05) is 47.5 Å². The van der Waals surface area contributed by atoms with E-state index in [1.165, 1.54) is 6.07 Å². The molecule has 0 saturated heterocycles. The minimum absolute atomic E-state index is 0.251. The average molecular weight is 264 g/mol. The maximum Gasteiger partial charge on any atom is 0.127 e. The van der Waals surface area contributed by atoms with Crippen molar-refractivity contribution in [3.05, 3.63) is 70.0 Å². The van der Waals surface area contributed by atoms with Crippen molar-refractivity contribution < 1.29 is 4.39 Å². The molecule has 0 aliphatic rings. The van der Waals surface area contributed by atoms with Crippen molar-refractivity contribution in [3.63, 3.8) is 0 Å². The molecule has 2 N–H and O–H groups in total. The Balaban J connectivity index is 2.24. The lowest BCUT2D eigenvalue weighted by Crippen LogP contribution is -2.14. The molecule has 18 heavy (non-hydrogen) atoms. The molecular formula is C15H15ClFN. The van der Waals surface area contributed by atoms with E-state index in [9.17, 15) is 4.39 Å². The monoisotopic (exact) mass is 263 g/mol. The van der Waals surface area contributed by atoms with Crippen molar-refractivity contribution in [2.45, 2.75) is 19.4 Å². The first-order valence-electron chi connectivity index (χ1n) is 5.83. The number of rotatable bonds is 3. The predicted molar refractivity (Wildman–Crippen MR) is 73.2 cm³/mol. The fraction of sp³-hybridized carbons (Fsp3) is 0.200. The molecule has 0 spiro atoms. The van der Waals surface area contributed by atoms with Crippen molar-refractivity contribution in [2.75, 3.05) is 0 Å². The van der Waals surface area contributed by atoms with Gasteiger partial charge in [0.2, 0.25) is 0 Å². The Bertz CT molecular complexity index is 534. The highest BCUT2D eigenvalue weighted by atomic mass is 35.5. The first-order chi connectivity index (χ1) is 8.58. The molecule has 0 heterocycles. The third-order valence-corrected chi connectivity index (χ3v) is 3.31. The van der Waals surface area contributed by atoms with Gasteiger partial charge in [0.05, 0.1) is 0 Å². The van der Waals surface area contributed by atoms with Crippen molar-refractivity contribution in [3.8, 4) is 0 Å². The normalized spacial score (nSPS) is 12.4. The summed E-state index contributed by atoms with van der Waals surface area (Å²) in [7, 11) is 0. The Morgan fingerprint density at radius 2 is 1.94 bits per heavy atom. The summed E-state index contributed by atoms with van der Waals surface area (Å²) in [5.41, 5.74) is 8.72. The van der Waals surface area contributed by atoms with Crippen LogP contribution >= 0.6 is 11.6 Å². The van der Waals surface area contributed by atoms with Crippen LogP contribution in [0.15, 0.2) is 42.5 Å². The molecule has 0 aliphatic heterocycles. The van der Waals surface area contributed by atoms with Gasteiger partial charge in [0.25, 0.3) is 0 Å². The third-order valence-electron chi connectivity index (χ3n) is 2.96. The number of hydrogen-bond donors (Lipinski definition) is 1. The lowest BCUT2D eigenvalue weighted by molar-refractivity contribution is 0.593. The van der Waals surface area contributed by atoms with Crippen LogP contribution in [0, 0.1) is 12.7 Å². The van der Waals surface area contributed by atoms with Gasteiger partial charge in [-0.25, -0.2) is 4.39 Å². The first-order valence-corrected chi connectivity index (χ1v) is 6.21. The zero-order valence-corrected chi connectivity index (χ0v) is 10.9. The van der Waals surface area contributed by atoms with Crippen LogP contribution in [0.5, 0.6) is 0 Å². The summed E-state index contributed by atoms with van der Waals surface area (Å²) in [6, 6.07) is 12.4. The highest BCUT2D eigenvalue weighted by molar-refractivity contribution is 6.31. The van der Waals surface area contributed by atoms with E-state index in [1.54, 1.807) is 12.1 Å². The topological polar surface area (TPSA) is 26.0 Å². The highest BCUT2D eigenvalue weighted by Gasteiger charge is 2.13. The van der Waals surface area contributed by atoms with Gasteiger partial charge < -0.3 is 5.73 Å². The van der Waals surface area contributed by atoms with Crippen LogP contribution in [0.25, 0.3) is 0 Å². The SMILES string of the molecule is Cc1cccc(C(N)Cc2c(F)cccc2Cl)c1. The van der Waals surface area contributed by atoms with E-state index in [1.807, 2.05) is 31.2 Å². The van der Waals surface area contributed by atoms with Crippen molar-refractivity contribution in [1.82, 2.24) is 0 Å². The van der Waals surface area contributed by atoms with E-state index in [0.29, 0.717) is 17.0 Å². The molecule has 0 radical (unpaired) electrons. The quantitative estimate of drug-likeness (QED) is 0.889. The van der Waals surface area contributed by atoms with E-state index in [-0.39, 0.29) is 11.9 Å². The van der Waals surface area contributed by atoms with Crippen LogP contribution in [0.4, 0.5) is 4.39 Å². The second kappa shape index (κ2) is 5.51. The molecule has 3 heteroatoms. The van der Waals surface area contributed by atoms with E-state index in [4.69, 9.17) is 17.3 Å². The van der Waals surface area contributed by atoms with Gasteiger partial charge in [-0.15, -0.1) is 0 Å². The van der Waals surface area contributed by atoms with E-state index in [0.717, 1.165) is 11.1 Å². The molecule has 0 fully saturated rings. The zero-order valence-electron chi connectivity index (χ0n) is 10.2. The first kappa shape index (κ1) is 13.1. The maximum atomic E-state index is 13.7. The summed E-state index contributed by atoms with van der Waals surface area (Å²) in [6.07, 6.45) is 0.398. The summed E-state index contributed by atoms with van der Waals surface area (Å²) in [4.78, 5) is 0. The Morgan fingerprint density at radius 3 is 2.61 bits per heavy atom. The molecule has 0 amide bonds. The summed E-state index contributed by atoms with van der Waals surface area (Å²) in [6.45, 7) is 2.01. The second-order valence-corrected chi connectivity index (χ2v) is 4.83. The smallest absolute Gasteiger partial charge is 0.127 e. The van der Waals surface area contributed by atoms with Gasteiger partial charge in [0, 0.05) is 16.6 Å². The van der Waals surface area contributed by atoms with Crippen molar-refractivity contribution >= 4 is 11.6 Å². The second-order valence-electron chi connectivity index (χ2n) is 4.42. The predicted octanol–water partition coefficient (Wildman–Crippen LogP) is 4.03. The number of benzene rings is 2. The maximum absolute atomic E-state index is 13.7. The van der Waals surface area contributed by atoms with Crippen LogP contribution in [0.3, 0.4) is 0 Å². The molecule has 1 atom stereocenters. The van der Waals surface area contributed by atoms with Crippen LogP contribution in [-0.2, 0) is 6.42 Å². The van der Waals surface area contributed by atoms with Crippen molar-refractivity contribution in [1.29, 1.82) is 0 Å². The summed E-state index contributed by atoms with van der Waals surface area (Å²) < 4.78 is 13.7. The summed E-state index contributed by atoms with van der Waals surface area (Å²) in [5, 5.41) is 0.429. The molecular weight excluding hydrogens is 249 g/mol. The summed E-state index contributed by atoms with van der Waals surface area (Å²) in [5.74, 6) is -0.300. The molecule has 2 aromatic carbocycles. The van der Waals surface area contributed by atoms with Gasteiger partial charge in [-0.3, -0.25) is 0 Å². The van der Waals surface area contributed by atoms with Gasteiger partial charge in [0.15, 0.2) is 0 Å².